The van der Waals surface area contributed by atoms with Gasteiger partial charge in [-0.1, -0.05) is 64.5 Å². The Balaban J connectivity index is 2.06. The number of aromatic nitrogens is 1. The smallest absolute Gasteiger partial charge is 0.0547 e. The molecule has 0 bridgehead atoms. The Bertz CT molecular complexity index is 1260. The van der Waals surface area contributed by atoms with Crippen LogP contribution in [0.3, 0.4) is 0 Å². The van der Waals surface area contributed by atoms with E-state index in [0.717, 1.165) is 4.47 Å². The van der Waals surface area contributed by atoms with E-state index in [0.29, 0.717) is 0 Å². The number of halogens is 1. The van der Waals surface area contributed by atoms with Crippen LogP contribution in [-0.4, -0.2) is 4.57 Å². The van der Waals surface area contributed by atoms with E-state index in [1.165, 1.54) is 43.8 Å². The molecule has 2 heteroatoms. The summed E-state index contributed by atoms with van der Waals surface area (Å²) in [5.41, 5.74) is 5.02. The molecule has 0 aliphatic rings. The first-order chi connectivity index (χ1) is 12.2. The number of nitrogens with zero attached hydrogens (tertiary/aromatic N) is 1. The minimum absolute atomic E-state index is 1.11. The van der Waals surface area contributed by atoms with Gasteiger partial charge in [0.15, 0.2) is 0 Å². The lowest BCUT2D eigenvalue weighted by Crippen LogP contribution is -1.96. The zero-order valence-electron chi connectivity index (χ0n) is 13.8. The van der Waals surface area contributed by atoms with Gasteiger partial charge in [-0.2, -0.15) is 0 Å². The minimum atomic E-state index is 1.11. The summed E-state index contributed by atoms with van der Waals surface area (Å²) in [5, 5.41) is 5.17. The summed E-state index contributed by atoms with van der Waals surface area (Å²) >= 11 is 3.64. The maximum atomic E-state index is 3.64. The fraction of sp³-hybridized carbons (Fsp3) is 0.0435. The zero-order chi connectivity index (χ0) is 17.0. The number of fused-ring (bicyclic) bond motifs is 5. The monoisotopic (exact) mass is 385 g/mol. The van der Waals surface area contributed by atoms with E-state index in [-0.39, 0.29) is 0 Å². The van der Waals surface area contributed by atoms with E-state index in [4.69, 9.17) is 0 Å². The normalized spacial score (nSPS) is 11.6. The standard InChI is InChI=1S/C23H16BrN/c1-15-6-2-4-8-20(15)25-21-9-5-3-7-18(21)23-19-14-17(24)12-10-16(19)11-13-22(23)25/h2-14H,1H3. The summed E-state index contributed by atoms with van der Waals surface area (Å²) in [7, 11) is 0. The van der Waals surface area contributed by atoms with Gasteiger partial charge in [0.25, 0.3) is 0 Å². The van der Waals surface area contributed by atoms with Gasteiger partial charge in [0.1, 0.15) is 0 Å². The molecule has 0 spiro atoms. The molecule has 4 aromatic carbocycles. The summed E-state index contributed by atoms with van der Waals surface area (Å²) in [6, 6.07) is 28.3. The second-order valence-corrected chi connectivity index (χ2v) is 7.38. The summed E-state index contributed by atoms with van der Waals surface area (Å²) in [4.78, 5) is 0. The molecule has 0 radical (unpaired) electrons. The highest BCUT2D eigenvalue weighted by Gasteiger charge is 2.15. The van der Waals surface area contributed by atoms with E-state index in [9.17, 15) is 0 Å². The Kier molecular flexibility index (Phi) is 3.22. The fourth-order valence-electron chi connectivity index (χ4n) is 3.83. The molecule has 1 heterocycles. The van der Waals surface area contributed by atoms with Crippen LogP contribution < -0.4 is 0 Å². The van der Waals surface area contributed by atoms with Crippen LogP contribution in [0.1, 0.15) is 5.56 Å². The van der Waals surface area contributed by atoms with Gasteiger partial charge in [0.2, 0.25) is 0 Å². The third kappa shape index (κ3) is 2.14. The Morgan fingerprint density at radius 2 is 1.48 bits per heavy atom. The van der Waals surface area contributed by atoms with Crippen molar-refractivity contribution in [3.63, 3.8) is 0 Å². The van der Waals surface area contributed by atoms with Gasteiger partial charge in [-0.3, -0.25) is 0 Å². The van der Waals surface area contributed by atoms with Gasteiger partial charge in [0, 0.05) is 20.9 Å². The quantitative estimate of drug-likeness (QED) is 0.292. The van der Waals surface area contributed by atoms with Gasteiger partial charge >= 0.3 is 0 Å². The van der Waals surface area contributed by atoms with Crippen molar-refractivity contribution in [2.75, 3.05) is 0 Å². The molecule has 0 atom stereocenters. The molecule has 120 valence electrons. The SMILES string of the molecule is Cc1ccccc1-n1c2ccccc2c2c3cc(Br)ccc3ccc21. The lowest BCUT2D eigenvalue weighted by atomic mass is 10.0. The molecular formula is C23H16BrN. The molecular weight excluding hydrogens is 370 g/mol. The molecule has 0 N–H and O–H groups in total. The molecule has 0 saturated heterocycles. The van der Waals surface area contributed by atoms with Crippen molar-refractivity contribution in [2.45, 2.75) is 6.92 Å². The van der Waals surface area contributed by atoms with Crippen molar-refractivity contribution in [2.24, 2.45) is 0 Å². The van der Waals surface area contributed by atoms with Gasteiger partial charge < -0.3 is 4.57 Å². The number of benzene rings is 4. The predicted octanol–water partition coefficient (Wildman–Crippen LogP) is 7.01. The highest BCUT2D eigenvalue weighted by Crippen LogP contribution is 2.38. The van der Waals surface area contributed by atoms with Crippen LogP contribution in [-0.2, 0) is 0 Å². The van der Waals surface area contributed by atoms with E-state index in [1.54, 1.807) is 0 Å². The first kappa shape index (κ1) is 14.7. The number of para-hydroxylation sites is 2. The lowest BCUT2D eigenvalue weighted by Gasteiger charge is -2.11. The summed E-state index contributed by atoms with van der Waals surface area (Å²) in [6.07, 6.45) is 0. The van der Waals surface area contributed by atoms with Crippen molar-refractivity contribution in [1.29, 1.82) is 0 Å². The summed E-state index contributed by atoms with van der Waals surface area (Å²) < 4.78 is 3.50. The fourth-order valence-corrected chi connectivity index (χ4v) is 4.19. The molecule has 0 fully saturated rings. The van der Waals surface area contributed by atoms with Gasteiger partial charge in [-0.25, -0.2) is 0 Å². The van der Waals surface area contributed by atoms with Crippen LogP contribution in [0.2, 0.25) is 0 Å². The van der Waals surface area contributed by atoms with Crippen LogP contribution in [0.15, 0.2) is 83.3 Å². The van der Waals surface area contributed by atoms with E-state index >= 15 is 0 Å². The molecule has 1 nitrogen and oxygen atoms in total. The molecule has 25 heavy (non-hydrogen) atoms. The van der Waals surface area contributed by atoms with Crippen molar-refractivity contribution in [3.8, 4) is 5.69 Å². The maximum Gasteiger partial charge on any atom is 0.0547 e. The van der Waals surface area contributed by atoms with Crippen LogP contribution in [0.5, 0.6) is 0 Å². The first-order valence-electron chi connectivity index (χ1n) is 8.41. The van der Waals surface area contributed by atoms with Crippen molar-refractivity contribution < 1.29 is 0 Å². The first-order valence-corrected chi connectivity index (χ1v) is 9.21. The van der Waals surface area contributed by atoms with E-state index in [2.05, 4.69) is 106 Å². The molecule has 0 aliphatic carbocycles. The molecule has 5 rings (SSSR count). The van der Waals surface area contributed by atoms with Crippen LogP contribution in [0, 0.1) is 6.92 Å². The van der Waals surface area contributed by atoms with Crippen molar-refractivity contribution in [1.82, 2.24) is 4.57 Å². The summed E-state index contributed by atoms with van der Waals surface area (Å²) in [6.45, 7) is 2.17. The number of rotatable bonds is 1. The molecule has 0 aliphatic heterocycles. The third-order valence-corrected chi connectivity index (χ3v) is 5.47. The number of hydrogen-bond acceptors (Lipinski definition) is 0. The highest BCUT2D eigenvalue weighted by molar-refractivity contribution is 9.10. The molecule has 5 aromatic rings. The minimum Gasteiger partial charge on any atom is -0.309 e. The van der Waals surface area contributed by atoms with Gasteiger partial charge in [-0.05, 0) is 53.6 Å². The maximum absolute atomic E-state index is 3.64. The number of hydrogen-bond donors (Lipinski definition) is 0. The predicted molar refractivity (Wildman–Crippen MR) is 111 cm³/mol. The van der Waals surface area contributed by atoms with Crippen LogP contribution in [0.4, 0.5) is 0 Å². The van der Waals surface area contributed by atoms with Gasteiger partial charge in [-0.15, -0.1) is 0 Å². The molecule has 1 aromatic heterocycles. The second kappa shape index (κ2) is 5.47. The topological polar surface area (TPSA) is 4.93 Å². The number of aryl methyl sites for hydroxylation is 1. The Labute approximate surface area is 154 Å². The van der Waals surface area contributed by atoms with E-state index < -0.39 is 0 Å². The Hall–Kier alpha value is -2.58. The average molecular weight is 386 g/mol. The molecule has 0 saturated carbocycles. The van der Waals surface area contributed by atoms with Gasteiger partial charge in [0.05, 0.1) is 11.0 Å². The van der Waals surface area contributed by atoms with Crippen molar-refractivity contribution >= 4 is 48.5 Å². The largest absolute Gasteiger partial charge is 0.309 e. The summed E-state index contributed by atoms with van der Waals surface area (Å²) in [5.74, 6) is 0. The average Bonchev–Trinajstić information content (AvgIpc) is 2.97. The van der Waals surface area contributed by atoms with Crippen LogP contribution in [0.25, 0.3) is 38.3 Å². The van der Waals surface area contributed by atoms with Crippen molar-refractivity contribution in [3.05, 3.63) is 88.9 Å². The molecule has 0 unspecified atom stereocenters. The third-order valence-electron chi connectivity index (χ3n) is 4.97. The second-order valence-electron chi connectivity index (χ2n) is 6.46. The highest BCUT2D eigenvalue weighted by atomic mass is 79.9. The zero-order valence-corrected chi connectivity index (χ0v) is 15.4. The lowest BCUT2D eigenvalue weighted by molar-refractivity contribution is 1.15. The van der Waals surface area contributed by atoms with E-state index in [1.807, 2.05) is 0 Å². The Morgan fingerprint density at radius 3 is 2.36 bits per heavy atom. The Morgan fingerprint density at radius 1 is 0.720 bits per heavy atom. The van der Waals surface area contributed by atoms with Crippen LogP contribution >= 0.6 is 15.9 Å². The molecule has 0 amide bonds.